The number of aromatic amines is 1. The average molecular weight is 294 g/mol. The molecule has 4 atom stereocenters. The van der Waals surface area contributed by atoms with Gasteiger partial charge < -0.3 is 20.1 Å². The predicted molar refractivity (Wildman–Crippen MR) is 59.3 cm³/mol. The first-order valence-corrected chi connectivity index (χ1v) is 5.58. The van der Waals surface area contributed by atoms with Crippen LogP contribution in [0.1, 0.15) is 6.23 Å². The van der Waals surface area contributed by atoms with Crippen LogP contribution in [0, 0.1) is 0 Å². The molecule has 0 bridgehead atoms. The molecule has 0 radical (unpaired) electrons. The summed E-state index contributed by atoms with van der Waals surface area (Å²) in [5, 5.41) is 28.4. The maximum atomic E-state index is 13.0. The molecule has 0 saturated carbocycles. The summed E-state index contributed by atoms with van der Waals surface area (Å²) < 4.78 is 31.4. The van der Waals surface area contributed by atoms with E-state index in [1.807, 2.05) is 4.98 Å². The van der Waals surface area contributed by atoms with E-state index < -0.39 is 48.3 Å². The molecule has 10 heteroatoms. The zero-order valence-corrected chi connectivity index (χ0v) is 9.94. The van der Waals surface area contributed by atoms with Crippen LogP contribution in [0.15, 0.2) is 21.9 Å². The third kappa shape index (κ3) is 2.06. The van der Waals surface area contributed by atoms with Crippen LogP contribution in [0.25, 0.3) is 0 Å². The molecule has 1 fully saturated rings. The van der Waals surface area contributed by atoms with Crippen LogP contribution in [0.2, 0.25) is 0 Å². The molecule has 2 rings (SSSR count). The smallest absolute Gasteiger partial charge is 0.330 e. The van der Waals surface area contributed by atoms with Crippen molar-refractivity contribution in [1.29, 1.82) is 0 Å². The van der Waals surface area contributed by atoms with Crippen LogP contribution in [-0.2, 0) is 4.74 Å². The van der Waals surface area contributed by atoms with Crippen molar-refractivity contribution < 1.29 is 28.8 Å². The number of aliphatic hydroxyl groups is 3. The Balaban J connectivity index is 2.45. The van der Waals surface area contributed by atoms with Crippen LogP contribution in [-0.4, -0.2) is 55.7 Å². The number of ether oxygens (including phenoxy) is 1. The van der Waals surface area contributed by atoms with Crippen LogP contribution in [0.4, 0.5) is 8.78 Å². The number of H-pyrrole nitrogens is 1. The van der Waals surface area contributed by atoms with E-state index in [4.69, 9.17) is 9.84 Å². The minimum Gasteiger partial charge on any atom is -0.393 e. The fourth-order valence-corrected chi connectivity index (χ4v) is 2.04. The van der Waals surface area contributed by atoms with E-state index in [0.717, 1.165) is 12.3 Å². The van der Waals surface area contributed by atoms with Gasteiger partial charge in [0.05, 0.1) is 6.61 Å². The first-order valence-electron chi connectivity index (χ1n) is 5.58. The van der Waals surface area contributed by atoms with Gasteiger partial charge in [0.1, 0.15) is 12.2 Å². The van der Waals surface area contributed by atoms with Crippen LogP contribution >= 0.6 is 0 Å². The number of alkyl halides is 2. The second-order valence-electron chi connectivity index (χ2n) is 4.38. The fraction of sp³-hybridized carbons (Fsp3) is 0.600. The first-order chi connectivity index (χ1) is 9.33. The monoisotopic (exact) mass is 294 g/mol. The van der Waals surface area contributed by atoms with Crippen LogP contribution in [0.3, 0.4) is 0 Å². The first kappa shape index (κ1) is 14.8. The normalized spacial score (nSPS) is 33.8. The molecule has 20 heavy (non-hydrogen) atoms. The van der Waals surface area contributed by atoms with Crippen molar-refractivity contribution >= 4 is 0 Å². The summed E-state index contributed by atoms with van der Waals surface area (Å²) >= 11 is 0. The summed E-state index contributed by atoms with van der Waals surface area (Å²) in [5.74, 6) is 0. The highest BCUT2D eigenvalue weighted by Gasteiger charge is 2.60. The minimum atomic E-state index is -3.29. The number of rotatable bonds is 3. The molecule has 1 aromatic rings. The van der Waals surface area contributed by atoms with Gasteiger partial charge in [-0.1, -0.05) is 0 Å². The van der Waals surface area contributed by atoms with Crippen molar-refractivity contribution in [1.82, 2.24) is 9.55 Å². The molecule has 112 valence electrons. The lowest BCUT2D eigenvalue weighted by Crippen LogP contribution is -2.52. The van der Waals surface area contributed by atoms with Gasteiger partial charge in [-0.25, -0.2) is 13.6 Å². The van der Waals surface area contributed by atoms with Crippen molar-refractivity contribution in [3.8, 4) is 0 Å². The predicted octanol–water partition coefficient (Wildman–Crippen LogP) is -2.22. The Morgan fingerprint density at radius 1 is 1.45 bits per heavy atom. The molecule has 2 unspecified atom stereocenters. The lowest BCUT2D eigenvalue weighted by atomic mass is 9.96. The zero-order chi connectivity index (χ0) is 15.1. The van der Waals surface area contributed by atoms with E-state index in [9.17, 15) is 28.6 Å². The number of nitrogens with zero attached hydrogens (tertiary/aromatic N) is 1. The number of aliphatic hydroxyl groups excluding tert-OH is 3. The molecule has 0 aliphatic carbocycles. The summed E-state index contributed by atoms with van der Waals surface area (Å²) in [4.78, 5) is 24.3. The molecule has 1 aliphatic heterocycles. The Hall–Kier alpha value is -1.62. The van der Waals surface area contributed by atoms with Crippen molar-refractivity contribution in [2.45, 2.75) is 30.5 Å². The molecule has 4 N–H and O–H groups in total. The molecule has 2 heterocycles. The Kier molecular flexibility index (Phi) is 3.73. The van der Waals surface area contributed by atoms with Crippen molar-refractivity contribution in [2.75, 3.05) is 6.61 Å². The number of aromatic nitrogens is 2. The van der Waals surface area contributed by atoms with E-state index in [1.54, 1.807) is 0 Å². The average Bonchev–Trinajstić information content (AvgIpc) is 2.64. The van der Waals surface area contributed by atoms with Gasteiger partial charge in [0.15, 0.2) is 11.8 Å². The van der Waals surface area contributed by atoms with Gasteiger partial charge in [-0.05, 0) is 0 Å². The Bertz CT molecular complexity index is 602. The second kappa shape index (κ2) is 5.05. The van der Waals surface area contributed by atoms with Gasteiger partial charge in [0, 0.05) is 12.3 Å². The lowest BCUT2D eigenvalue weighted by molar-refractivity contribution is -0.195. The van der Waals surface area contributed by atoms with E-state index in [1.165, 1.54) is 0 Å². The third-order valence-electron chi connectivity index (χ3n) is 3.20. The van der Waals surface area contributed by atoms with Gasteiger partial charge >= 0.3 is 5.69 Å². The van der Waals surface area contributed by atoms with Crippen LogP contribution < -0.4 is 11.2 Å². The minimum absolute atomic E-state index is 0.648. The molecule has 1 aromatic heterocycles. The topological polar surface area (TPSA) is 125 Å². The summed E-state index contributed by atoms with van der Waals surface area (Å²) in [6.45, 7) is -1.25. The molecular weight excluding hydrogens is 282 g/mol. The van der Waals surface area contributed by atoms with E-state index in [-0.39, 0.29) is 0 Å². The standard InChI is InChI=1S/C10H12F2N2O6/c11-8(12)10(3-15)6(18)5(17)7(20-10)14-2-1-4(16)13-9(14)19/h1-2,5-8,15,17-18H,3H2,(H,13,16,19)/t5?,6?,7-,10-/m0/s1. The van der Waals surface area contributed by atoms with Crippen molar-refractivity contribution in [2.24, 2.45) is 0 Å². The van der Waals surface area contributed by atoms with Gasteiger partial charge in [-0.15, -0.1) is 0 Å². The highest BCUT2D eigenvalue weighted by Crippen LogP contribution is 2.40. The zero-order valence-electron chi connectivity index (χ0n) is 9.94. The van der Waals surface area contributed by atoms with E-state index >= 15 is 0 Å². The van der Waals surface area contributed by atoms with Gasteiger partial charge in [-0.2, -0.15) is 0 Å². The second-order valence-corrected chi connectivity index (χ2v) is 4.38. The lowest BCUT2D eigenvalue weighted by Gasteiger charge is -2.28. The van der Waals surface area contributed by atoms with Crippen LogP contribution in [0.5, 0.6) is 0 Å². The maximum absolute atomic E-state index is 13.0. The fourth-order valence-electron chi connectivity index (χ4n) is 2.04. The van der Waals surface area contributed by atoms with Gasteiger partial charge in [0.25, 0.3) is 12.0 Å². The largest absolute Gasteiger partial charge is 0.393 e. The molecule has 1 saturated heterocycles. The van der Waals surface area contributed by atoms with E-state index in [0.29, 0.717) is 4.57 Å². The summed E-state index contributed by atoms with van der Waals surface area (Å²) in [6.07, 6.45) is -7.99. The Morgan fingerprint density at radius 2 is 2.10 bits per heavy atom. The molecule has 0 aromatic carbocycles. The van der Waals surface area contributed by atoms with Crippen molar-refractivity contribution in [3.63, 3.8) is 0 Å². The maximum Gasteiger partial charge on any atom is 0.330 e. The molecule has 0 amide bonds. The Morgan fingerprint density at radius 3 is 2.55 bits per heavy atom. The molecule has 8 nitrogen and oxygen atoms in total. The third-order valence-corrected chi connectivity index (χ3v) is 3.20. The summed E-state index contributed by atoms with van der Waals surface area (Å²) in [6, 6.07) is 0.922. The molecule has 1 aliphatic rings. The number of nitrogens with one attached hydrogen (secondary N) is 1. The highest BCUT2D eigenvalue weighted by atomic mass is 19.3. The molecule has 0 spiro atoms. The highest BCUT2D eigenvalue weighted by molar-refractivity contribution is 5.03. The van der Waals surface area contributed by atoms with Gasteiger partial charge in [0.2, 0.25) is 0 Å². The number of halogens is 2. The Labute approximate surface area is 109 Å². The quantitative estimate of drug-likeness (QED) is 0.500. The summed E-state index contributed by atoms with van der Waals surface area (Å²) in [5.41, 5.74) is -4.42. The summed E-state index contributed by atoms with van der Waals surface area (Å²) in [7, 11) is 0. The van der Waals surface area contributed by atoms with Gasteiger partial charge in [-0.3, -0.25) is 14.3 Å². The molecular formula is C10H12F2N2O6. The van der Waals surface area contributed by atoms with E-state index in [2.05, 4.69) is 0 Å². The van der Waals surface area contributed by atoms with Crippen molar-refractivity contribution in [3.05, 3.63) is 33.1 Å². The number of hydrogen-bond donors (Lipinski definition) is 4. The number of hydrogen-bond acceptors (Lipinski definition) is 6. The SMILES string of the molecule is O=c1ccn([C@H]2O[C@](CO)(C(F)F)C(O)C2O)c(=O)[nH]1.